The van der Waals surface area contributed by atoms with Crippen molar-refractivity contribution in [2.75, 3.05) is 0 Å². The molecule has 2 radical (unpaired) electrons. The molecular weight excluding hydrogens is 1450 g/mol. The second kappa shape index (κ2) is 32.3. The summed E-state index contributed by atoms with van der Waals surface area (Å²) >= 11 is 6.44. The van der Waals surface area contributed by atoms with Gasteiger partial charge in [0.15, 0.2) is 0 Å². The Balaban J connectivity index is 0.000000289. The normalized spacial score (nSPS) is 11.3. The van der Waals surface area contributed by atoms with Crippen molar-refractivity contribution in [3.63, 3.8) is 0 Å². The molecule has 6 aromatic carbocycles. The number of aromatic hydroxyl groups is 4. The van der Waals surface area contributed by atoms with Crippen LogP contribution >= 0.6 is 45.3 Å². The number of hydrogen-bond acceptors (Lipinski definition) is 13. The van der Waals surface area contributed by atoms with Crippen molar-refractivity contribution in [1.29, 1.82) is 0 Å². The zero-order valence-electron chi connectivity index (χ0n) is 58.7. The molecule has 0 fully saturated rings. The van der Waals surface area contributed by atoms with Gasteiger partial charge in [-0.3, -0.25) is 4.79 Å². The smallest absolute Gasteiger partial charge is 0.300 e. The zero-order chi connectivity index (χ0) is 68.3. The van der Waals surface area contributed by atoms with Crippen molar-refractivity contribution in [3.8, 4) is 110 Å². The Labute approximate surface area is 630 Å². The SMILES string of the molecule is CC(=O)O.CC(C)(C)c1cc(-c2ccc3ccc4ccc(-c5cc(C(C)(C)C)cc(-c6cccs6)c5O)nc4c3n2)c(O)c(-c2cccs2)c1.CC(C)(C)c1cc(-c2ccc3ccc4ccc(-c5cc(C(C)(C)C)cc(-c6cccs6)c5O)nc4c3n2)c(O)c(-c2cccs2)c1.O.O.O.O.[Co].[Co]. The Morgan fingerprint density at radius 2 is 0.471 bits per heavy atom. The van der Waals surface area contributed by atoms with Crippen LogP contribution in [0.1, 0.15) is 112 Å². The maximum absolute atomic E-state index is 11.6. The maximum Gasteiger partial charge on any atom is 0.300 e. The number of phenolic OH excluding ortho intramolecular Hbond substituents is 4. The van der Waals surface area contributed by atoms with E-state index in [1.54, 1.807) is 45.3 Å². The van der Waals surface area contributed by atoms with Gasteiger partial charge in [-0.2, -0.15) is 0 Å². The van der Waals surface area contributed by atoms with Crippen LogP contribution in [0, 0.1) is 0 Å². The van der Waals surface area contributed by atoms with Crippen LogP contribution in [0.2, 0.25) is 0 Å². The molecule has 14 aromatic rings. The number of nitrogens with zero attached hydrogens (tertiary/aromatic N) is 4. The average molecular weight is 1530 g/mol. The predicted molar refractivity (Wildman–Crippen MR) is 418 cm³/mol. The summed E-state index contributed by atoms with van der Waals surface area (Å²) in [6.07, 6.45) is 0. The van der Waals surface area contributed by atoms with Crippen LogP contribution in [0.5, 0.6) is 23.0 Å². The topological polar surface area (TPSA) is 296 Å². The Bertz CT molecular complexity index is 4620. The molecule has 0 saturated carbocycles. The van der Waals surface area contributed by atoms with Crippen molar-refractivity contribution in [2.24, 2.45) is 0 Å². The first-order valence-corrected chi connectivity index (χ1v) is 35.3. The average Bonchev–Trinajstić information content (AvgIpc) is 0.846. The molecule has 0 saturated heterocycles. The number of thiophene rings is 4. The van der Waals surface area contributed by atoms with Crippen molar-refractivity contribution < 1.29 is 85.8 Å². The predicted octanol–water partition coefficient (Wildman–Crippen LogP) is 19.9. The molecule has 8 heterocycles. The van der Waals surface area contributed by atoms with E-state index in [-0.39, 0.29) is 100 Å². The Morgan fingerprint density at radius 3 is 0.627 bits per heavy atom. The molecule has 0 spiro atoms. The quantitative estimate of drug-likeness (QED) is 0.0896. The summed E-state index contributed by atoms with van der Waals surface area (Å²) in [6.45, 7) is 27.3. The van der Waals surface area contributed by atoms with Crippen LogP contribution in [0.15, 0.2) is 191 Å². The molecule has 102 heavy (non-hydrogen) atoms. The first-order valence-electron chi connectivity index (χ1n) is 31.8. The number of fused-ring (bicyclic) bond motifs is 6. The summed E-state index contributed by atoms with van der Waals surface area (Å²) in [5.41, 5.74) is 15.8. The molecule has 0 bridgehead atoms. The number of hydrogen-bond donors (Lipinski definition) is 5. The van der Waals surface area contributed by atoms with E-state index in [9.17, 15) is 20.4 Å². The van der Waals surface area contributed by atoms with Gasteiger partial charge in [0.1, 0.15) is 23.0 Å². The van der Waals surface area contributed by atoms with Gasteiger partial charge in [-0.05, 0) is 162 Å². The van der Waals surface area contributed by atoms with Gasteiger partial charge < -0.3 is 47.4 Å². The van der Waals surface area contributed by atoms with E-state index in [0.29, 0.717) is 45.0 Å². The fourth-order valence-electron chi connectivity index (χ4n) is 11.7. The molecule has 14 rings (SSSR count). The molecule has 534 valence electrons. The summed E-state index contributed by atoms with van der Waals surface area (Å²) in [6, 6.07) is 57.1. The third kappa shape index (κ3) is 17.0. The molecule has 0 aliphatic carbocycles. The molecule has 14 nitrogen and oxygen atoms in total. The standard InChI is InChI=1S/2C40H36N2O2S2.C2H4O2.2Co.4H2O/c2*1-39(2,3)25-19-27(37(43)29(21-25)33-9-7-17-45-33)31-15-13-23-11-12-24-14-16-32(42-36(24)35(23)41-31)28-20-26(40(4,5)6)22-30(38(28)44)34-10-8-18-46-34;1-2(3)4;;;;;;/h2*7-22,43-44H,1-6H3;1H3,(H,3,4);;;4*1H2. The van der Waals surface area contributed by atoms with Crippen molar-refractivity contribution in [1.82, 2.24) is 19.9 Å². The van der Waals surface area contributed by atoms with Gasteiger partial charge in [-0.25, -0.2) is 19.9 Å². The van der Waals surface area contributed by atoms with Crippen LogP contribution < -0.4 is 0 Å². The molecule has 0 atom stereocenters. The van der Waals surface area contributed by atoms with Gasteiger partial charge in [0.05, 0.1) is 44.8 Å². The van der Waals surface area contributed by atoms with Crippen molar-refractivity contribution in [3.05, 3.63) is 214 Å². The zero-order valence-corrected chi connectivity index (χ0v) is 64.1. The third-order valence-electron chi connectivity index (χ3n) is 17.2. The number of pyridine rings is 4. The number of rotatable bonds is 8. The summed E-state index contributed by atoms with van der Waals surface area (Å²) < 4.78 is 0. The van der Waals surface area contributed by atoms with Gasteiger partial charge >= 0.3 is 0 Å². The second-order valence-corrected chi connectivity index (χ2v) is 32.1. The minimum absolute atomic E-state index is 0. The molecule has 0 aliphatic heterocycles. The molecule has 8 aromatic heterocycles. The number of phenols is 4. The van der Waals surface area contributed by atoms with E-state index in [4.69, 9.17) is 29.8 Å². The summed E-state index contributed by atoms with van der Waals surface area (Å²) in [4.78, 5) is 33.8. The number of aliphatic carboxylic acids is 1. The molecule has 13 N–H and O–H groups in total. The maximum atomic E-state index is 11.6. The fraction of sp³-hybridized carbons (Fsp3) is 0.207. The second-order valence-electron chi connectivity index (χ2n) is 28.3. The fourth-order valence-corrected chi connectivity index (χ4v) is 14.6. The van der Waals surface area contributed by atoms with Crippen LogP contribution in [0.3, 0.4) is 0 Å². The van der Waals surface area contributed by atoms with Crippen LogP contribution in [-0.2, 0) is 60.0 Å². The summed E-state index contributed by atoms with van der Waals surface area (Å²) in [7, 11) is 0. The number of carboxylic acids is 1. The largest absolute Gasteiger partial charge is 0.507 e. The first kappa shape index (κ1) is 82.2. The Kier molecular flexibility index (Phi) is 26.0. The van der Waals surface area contributed by atoms with Gasteiger partial charge in [0.2, 0.25) is 0 Å². The van der Waals surface area contributed by atoms with E-state index >= 15 is 0 Å². The van der Waals surface area contributed by atoms with E-state index in [2.05, 4.69) is 156 Å². The number of aromatic nitrogens is 4. The number of carbonyl (C=O) groups is 1. The molecule has 0 aliphatic rings. The van der Waals surface area contributed by atoms with Gasteiger partial charge in [-0.15, -0.1) is 45.3 Å². The minimum Gasteiger partial charge on any atom is -0.507 e. The molecular formula is C82H84Co2N4O10S4. The summed E-state index contributed by atoms with van der Waals surface area (Å²) in [5, 5.41) is 65.9. The van der Waals surface area contributed by atoms with Crippen LogP contribution in [0.4, 0.5) is 0 Å². The summed E-state index contributed by atoms with van der Waals surface area (Å²) in [5.74, 6) is 0.0600. The van der Waals surface area contributed by atoms with E-state index < -0.39 is 5.97 Å². The molecule has 0 unspecified atom stereocenters. The van der Waals surface area contributed by atoms with Gasteiger partial charge in [0.25, 0.3) is 5.97 Å². The van der Waals surface area contributed by atoms with E-state index in [0.717, 1.165) is 115 Å². The Morgan fingerprint density at radius 1 is 0.304 bits per heavy atom. The van der Waals surface area contributed by atoms with Crippen molar-refractivity contribution in [2.45, 2.75) is 112 Å². The number of benzene rings is 6. The van der Waals surface area contributed by atoms with Crippen LogP contribution in [-0.4, -0.2) is 73.3 Å². The third-order valence-corrected chi connectivity index (χ3v) is 20.8. The first-order chi connectivity index (χ1) is 45.5. The monoisotopic (exact) mass is 1530 g/mol. The van der Waals surface area contributed by atoms with Gasteiger partial charge in [0, 0.05) is 126 Å². The van der Waals surface area contributed by atoms with E-state index in [1.165, 1.54) is 0 Å². The van der Waals surface area contributed by atoms with Crippen LogP contribution in [0.25, 0.3) is 130 Å². The molecule has 20 heteroatoms. The van der Waals surface area contributed by atoms with Gasteiger partial charge in [-0.1, -0.05) is 156 Å². The number of carboxylic acid groups (broad SMARTS) is 1. The minimum atomic E-state index is -0.833. The Hall–Kier alpha value is -8.72. The van der Waals surface area contributed by atoms with E-state index in [1.807, 2.05) is 119 Å². The molecule has 0 amide bonds. The van der Waals surface area contributed by atoms with Crippen molar-refractivity contribution >= 4 is 94.9 Å².